The number of piperidine rings is 1. The first-order chi connectivity index (χ1) is 12.0. The molecule has 2 unspecified atom stereocenters. The van der Waals surface area contributed by atoms with Crippen molar-refractivity contribution in [1.29, 1.82) is 0 Å². The summed E-state index contributed by atoms with van der Waals surface area (Å²) < 4.78 is 1.65. The predicted octanol–water partition coefficient (Wildman–Crippen LogP) is 2.34. The maximum atomic E-state index is 12.6. The molecule has 6 heteroatoms. The van der Waals surface area contributed by atoms with Crippen LogP contribution in [-0.2, 0) is 23.1 Å². The van der Waals surface area contributed by atoms with Crippen molar-refractivity contribution in [3.8, 4) is 0 Å². The fourth-order valence-corrected chi connectivity index (χ4v) is 3.61. The highest BCUT2D eigenvalue weighted by molar-refractivity contribution is 5.81. The number of carboxylic acid groups (broad SMARTS) is 1. The first kappa shape index (κ1) is 17.2. The lowest BCUT2D eigenvalue weighted by molar-refractivity contribution is -0.152. The molecule has 0 radical (unpaired) electrons. The number of rotatable bonds is 5. The molecule has 132 valence electrons. The molecule has 1 aromatic carbocycles. The third-order valence-corrected chi connectivity index (χ3v) is 4.97. The van der Waals surface area contributed by atoms with E-state index in [0.29, 0.717) is 19.4 Å². The number of benzene rings is 1. The van der Waals surface area contributed by atoms with Gasteiger partial charge in [-0.1, -0.05) is 24.3 Å². The van der Waals surface area contributed by atoms with Gasteiger partial charge in [0.15, 0.2) is 0 Å². The van der Waals surface area contributed by atoms with Gasteiger partial charge in [0.25, 0.3) is 0 Å². The smallest absolute Gasteiger partial charge is 0.308 e. The Morgan fingerprint density at radius 2 is 2.12 bits per heavy atom. The van der Waals surface area contributed by atoms with Crippen LogP contribution in [0.15, 0.2) is 36.7 Å². The van der Waals surface area contributed by atoms with Gasteiger partial charge in [-0.25, -0.2) is 0 Å². The Kier molecular flexibility index (Phi) is 4.88. The van der Waals surface area contributed by atoms with Crippen molar-refractivity contribution >= 4 is 11.9 Å². The maximum Gasteiger partial charge on any atom is 0.308 e. The van der Waals surface area contributed by atoms with Gasteiger partial charge in [0.05, 0.1) is 18.2 Å². The fraction of sp³-hybridized carbons (Fsp3) is 0.421. The Hall–Kier alpha value is -2.63. The highest BCUT2D eigenvalue weighted by atomic mass is 16.4. The Morgan fingerprint density at radius 3 is 2.76 bits per heavy atom. The second-order valence-corrected chi connectivity index (χ2v) is 6.64. The predicted molar refractivity (Wildman–Crippen MR) is 92.9 cm³/mol. The Labute approximate surface area is 147 Å². The van der Waals surface area contributed by atoms with Crippen molar-refractivity contribution in [1.82, 2.24) is 14.7 Å². The number of hydrogen-bond donors (Lipinski definition) is 1. The van der Waals surface area contributed by atoms with Gasteiger partial charge in [-0.3, -0.25) is 14.3 Å². The number of aromatic nitrogens is 2. The zero-order chi connectivity index (χ0) is 18.0. The molecule has 1 saturated heterocycles. The third kappa shape index (κ3) is 3.57. The monoisotopic (exact) mass is 341 g/mol. The summed E-state index contributed by atoms with van der Waals surface area (Å²) in [6.07, 6.45) is 4.83. The van der Waals surface area contributed by atoms with Crippen LogP contribution < -0.4 is 0 Å². The molecule has 0 aliphatic carbocycles. The summed E-state index contributed by atoms with van der Waals surface area (Å²) in [6.45, 7) is 2.55. The van der Waals surface area contributed by atoms with E-state index >= 15 is 0 Å². The summed E-state index contributed by atoms with van der Waals surface area (Å²) in [5.74, 6) is -1.44. The molecule has 3 rings (SSSR count). The number of hydrogen-bond acceptors (Lipinski definition) is 3. The Morgan fingerprint density at radius 1 is 1.36 bits per heavy atom. The Bertz CT molecular complexity index is 784. The lowest BCUT2D eigenvalue weighted by Crippen LogP contribution is -2.46. The molecule has 1 aromatic heterocycles. The summed E-state index contributed by atoms with van der Waals surface area (Å²) in [5, 5.41) is 13.8. The number of carboxylic acids is 1. The van der Waals surface area contributed by atoms with Crippen molar-refractivity contribution in [2.75, 3.05) is 6.54 Å². The van der Waals surface area contributed by atoms with Gasteiger partial charge in [0.2, 0.25) is 5.91 Å². The quantitative estimate of drug-likeness (QED) is 0.906. The molecule has 25 heavy (non-hydrogen) atoms. The summed E-state index contributed by atoms with van der Waals surface area (Å²) in [5.41, 5.74) is 3.14. The van der Waals surface area contributed by atoms with E-state index in [0.717, 1.165) is 5.56 Å². The molecule has 0 saturated carbocycles. The van der Waals surface area contributed by atoms with Gasteiger partial charge >= 0.3 is 5.97 Å². The minimum atomic E-state index is -0.859. The number of amides is 1. The lowest BCUT2D eigenvalue weighted by atomic mass is 9.85. The van der Waals surface area contributed by atoms with Crippen LogP contribution in [0.25, 0.3) is 0 Å². The average Bonchev–Trinajstić information content (AvgIpc) is 3.00. The van der Waals surface area contributed by atoms with Crippen LogP contribution in [0.2, 0.25) is 0 Å². The van der Waals surface area contributed by atoms with E-state index in [1.165, 1.54) is 11.1 Å². The number of aryl methyl sites for hydroxylation is 2. The van der Waals surface area contributed by atoms with Crippen molar-refractivity contribution in [3.63, 3.8) is 0 Å². The van der Waals surface area contributed by atoms with Crippen molar-refractivity contribution in [3.05, 3.63) is 53.3 Å². The van der Waals surface area contributed by atoms with E-state index in [1.807, 2.05) is 25.1 Å². The minimum Gasteiger partial charge on any atom is -0.481 e. The molecular weight excluding hydrogens is 318 g/mol. The highest BCUT2D eigenvalue weighted by Crippen LogP contribution is 2.36. The van der Waals surface area contributed by atoms with E-state index in [9.17, 15) is 14.7 Å². The number of nitrogens with zero attached hydrogens (tertiary/aromatic N) is 3. The molecule has 2 aromatic rings. The van der Waals surface area contributed by atoms with Gasteiger partial charge < -0.3 is 10.0 Å². The summed E-state index contributed by atoms with van der Waals surface area (Å²) in [7, 11) is 1.79. The van der Waals surface area contributed by atoms with Gasteiger partial charge in [-0.15, -0.1) is 0 Å². The molecule has 1 aliphatic rings. The topological polar surface area (TPSA) is 75.4 Å². The fourth-order valence-electron chi connectivity index (χ4n) is 3.61. The van der Waals surface area contributed by atoms with Gasteiger partial charge in [-0.2, -0.15) is 5.10 Å². The van der Waals surface area contributed by atoms with Gasteiger partial charge in [0.1, 0.15) is 0 Å². The first-order valence-corrected chi connectivity index (χ1v) is 8.52. The second-order valence-electron chi connectivity index (χ2n) is 6.64. The molecule has 0 spiro atoms. The number of likely N-dealkylation sites (tertiary alicyclic amines) is 1. The van der Waals surface area contributed by atoms with Crippen LogP contribution in [0.4, 0.5) is 0 Å². The lowest BCUT2D eigenvalue weighted by Gasteiger charge is -2.39. The number of carbonyl (C=O) groups excluding carboxylic acids is 1. The van der Waals surface area contributed by atoms with E-state index in [4.69, 9.17) is 0 Å². The molecule has 1 aliphatic heterocycles. The summed E-state index contributed by atoms with van der Waals surface area (Å²) >= 11 is 0. The van der Waals surface area contributed by atoms with Crippen molar-refractivity contribution < 1.29 is 14.7 Å². The zero-order valence-corrected chi connectivity index (χ0v) is 14.6. The minimum absolute atomic E-state index is 0.0138. The van der Waals surface area contributed by atoms with Crippen LogP contribution >= 0.6 is 0 Å². The van der Waals surface area contributed by atoms with E-state index in [-0.39, 0.29) is 12.3 Å². The molecule has 2 atom stereocenters. The SMILES string of the molecule is Cc1ccccc1CCN1C(=O)CCC(C(=O)O)C1c1cnn(C)c1. The standard InChI is InChI=1S/C19H23N3O3/c1-13-5-3-4-6-14(13)9-10-22-17(23)8-7-16(19(24)25)18(22)15-11-20-21(2)12-15/h3-6,11-12,16,18H,7-10H2,1-2H3,(H,24,25). The molecule has 0 bridgehead atoms. The van der Waals surface area contributed by atoms with Crippen LogP contribution in [0, 0.1) is 12.8 Å². The first-order valence-electron chi connectivity index (χ1n) is 8.52. The number of aliphatic carboxylic acids is 1. The van der Waals surface area contributed by atoms with Crippen LogP contribution in [0.1, 0.15) is 35.6 Å². The number of carbonyl (C=O) groups is 2. The average molecular weight is 341 g/mol. The van der Waals surface area contributed by atoms with Crippen LogP contribution in [0.5, 0.6) is 0 Å². The third-order valence-electron chi connectivity index (χ3n) is 4.97. The largest absolute Gasteiger partial charge is 0.481 e. The van der Waals surface area contributed by atoms with Crippen molar-refractivity contribution in [2.45, 2.75) is 32.2 Å². The van der Waals surface area contributed by atoms with Gasteiger partial charge in [0, 0.05) is 31.8 Å². The molecule has 1 N–H and O–H groups in total. The van der Waals surface area contributed by atoms with E-state index in [1.54, 1.807) is 29.0 Å². The van der Waals surface area contributed by atoms with E-state index in [2.05, 4.69) is 11.2 Å². The van der Waals surface area contributed by atoms with Crippen LogP contribution in [0.3, 0.4) is 0 Å². The van der Waals surface area contributed by atoms with Gasteiger partial charge in [-0.05, 0) is 30.9 Å². The molecular formula is C19H23N3O3. The normalized spacial score (nSPS) is 20.7. The summed E-state index contributed by atoms with van der Waals surface area (Å²) in [4.78, 5) is 26.1. The molecule has 1 fully saturated rings. The van der Waals surface area contributed by atoms with Crippen LogP contribution in [-0.4, -0.2) is 38.2 Å². The summed E-state index contributed by atoms with van der Waals surface area (Å²) in [6, 6.07) is 7.61. The second kappa shape index (κ2) is 7.09. The zero-order valence-electron chi connectivity index (χ0n) is 14.6. The molecule has 1 amide bonds. The maximum absolute atomic E-state index is 12.6. The van der Waals surface area contributed by atoms with E-state index < -0.39 is 17.9 Å². The highest BCUT2D eigenvalue weighted by Gasteiger charge is 2.41. The molecule has 6 nitrogen and oxygen atoms in total. The molecule has 2 heterocycles. The van der Waals surface area contributed by atoms with Crippen molar-refractivity contribution in [2.24, 2.45) is 13.0 Å². The Balaban J connectivity index is 1.88.